The van der Waals surface area contributed by atoms with Crippen molar-refractivity contribution < 1.29 is 13.2 Å². The van der Waals surface area contributed by atoms with E-state index < -0.39 is 9.84 Å². The molecule has 0 aliphatic carbocycles. The summed E-state index contributed by atoms with van der Waals surface area (Å²) in [5, 5.41) is -0.299. The van der Waals surface area contributed by atoms with Crippen molar-refractivity contribution in [2.45, 2.75) is 24.8 Å². The summed E-state index contributed by atoms with van der Waals surface area (Å²) in [6.45, 7) is 4.06. The molecule has 2 fully saturated rings. The molecular formula is C19H23N3O3S. The van der Waals surface area contributed by atoms with Crippen molar-refractivity contribution in [3.05, 3.63) is 53.9 Å². The van der Waals surface area contributed by atoms with E-state index >= 15 is 0 Å². The van der Waals surface area contributed by atoms with Crippen molar-refractivity contribution >= 4 is 9.84 Å². The lowest BCUT2D eigenvalue weighted by Gasteiger charge is -2.19. The Morgan fingerprint density at radius 3 is 2.85 bits per heavy atom. The first-order chi connectivity index (χ1) is 12.4. The molecule has 26 heavy (non-hydrogen) atoms. The van der Waals surface area contributed by atoms with Crippen molar-refractivity contribution in [3.63, 3.8) is 0 Å². The number of benzene rings is 1. The number of sulfone groups is 1. The van der Waals surface area contributed by atoms with Gasteiger partial charge in [0.2, 0.25) is 0 Å². The Balaban J connectivity index is 1.44. The summed E-state index contributed by atoms with van der Waals surface area (Å²) in [5.74, 6) is 1.70. The summed E-state index contributed by atoms with van der Waals surface area (Å²) in [6.07, 6.45) is 3.39. The van der Waals surface area contributed by atoms with Crippen LogP contribution in [0.3, 0.4) is 0 Å². The van der Waals surface area contributed by atoms with E-state index in [1.54, 1.807) is 12.4 Å². The second-order valence-electron chi connectivity index (χ2n) is 7.28. The van der Waals surface area contributed by atoms with E-state index in [-0.39, 0.29) is 23.0 Å². The van der Waals surface area contributed by atoms with Gasteiger partial charge in [0.15, 0.2) is 9.84 Å². The van der Waals surface area contributed by atoms with Crippen LogP contribution in [0.1, 0.15) is 11.1 Å². The molecule has 2 aliphatic rings. The lowest BCUT2D eigenvalue weighted by atomic mass is 10.0. The van der Waals surface area contributed by atoms with Crippen molar-refractivity contribution in [1.82, 2.24) is 9.88 Å². The first kappa shape index (κ1) is 17.5. The molecule has 0 bridgehead atoms. The smallest absolute Gasteiger partial charge is 0.156 e. The van der Waals surface area contributed by atoms with Gasteiger partial charge in [-0.25, -0.2) is 8.42 Å². The van der Waals surface area contributed by atoms with Crippen LogP contribution in [0.5, 0.6) is 11.5 Å². The van der Waals surface area contributed by atoms with Gasteiger partial charge in [-0.1, -0.05) is 12.1 Å². The third kappa shape index (κ3) is 3.34. The van der Waals surface area contributed by atoms with Gasteiger partial charge in [-0.3, -0.25) is 9.88 Å². The molecule has 7 heteroatoms. The van der Waals surface area contributed by atoms with Gasteiger partial charge in [-0.15, -0.1) is 0 Å². The SMILES string of the molecule is Cc1cc(CN2C[C@H]3[C@@H](C2)S(=O)(=O)C[C@@H]3N)ccc1Oc1cccnc1. The van der Waals surface area contributed by atoms with Crippen LogP contribution in [0, 0.1) is 12.8 Å². The Bertz CT molecular complexity index is 902. The van der Waals surface area contributed by atoms with Gasteiger partial charge in [0, 0.05) is 37.8 Å². The Morgan fingerprint density at radius 1 is 1.31 bits per heavy atom. The molecule has 6 nitrogen and oxygen atoms in total. The summed E-state index contributed by atoms with van der Waals surface area (Å²) < 4.78 is 30.3. The lowest BCUT2D eigenvalue weighted by Crippen LogP contribution is -2.33. The number of rotatable bonds is 4. The second kappa shape index (κ2) is 6.64. The molecule has 138 valence electrons. The van der Waals surface area contributed by atoms with Gasteiger partial charge in [0.25, 0.3) is 0 Å². The van der Waals surface area contributed by atoms with E-state index in [9.17, 15) is 8.42 Å². The highest BCUT2D eigenvalue weighted by molar-refractivity contribution is 7.92. The number of hydrogen-bond donors (Lipinski definition) is 1. The molecule has 2 saturated heterocycles. The highest BCUT2D eigenvalue weighted by atomic mass is 32.2. The normalized spacial score (nSPS) is 27.4. The van der Waals surface area contributed by atoms with E-state index in [1.165, 1.54) is 0 Å². The fourth-order valence-corrected chi connectivity index (χ4v) is 6.32. The number of aromatic nitrogens is 1. The quantitative estimate of drug-likeness (QED) is 0.879. The fraction of sp³-hybridized carbons (Fsp3) is 0.421. The highest BCUT2D eigenvalue weighted by Gasteiger charge is 2.50. The predicted octanol–water partition coefficient (Wildman–Crippen LogP) is 1.74. The minimum absolute atomic E-state index is 0.0642. The van der Waals surface area contributed by atoms with Crippen molar-refractivity contribution in [1.29, 1.82) is 0 Å². The van der Waals surface area contributed by atoms with Gasteiger partial charge < -0.3 is 10.5 Å². The molecule has 1 aromatic heterocycles. The van der Waals surface area contributed by atoms with E-state index in [0.29, 0.717) is 12.3 Å². The average molecular weight is 373 g/mol. The summed E-state index contributed by atoms with van der Waals surface area (Å²) >= 11 is 0. The highest BCUT2D eigenvalue weighted by Crippen LogP contribution is 2.34. The Morgan fingerprint density at radius 2 is 2.15 bits per heavy atom. The number of hydrogen-bond acceptors (Lipinski definition) is 6. The van der Waals surface area contributed by atoms with Crippen LogP contribution in [0.4, 0.5) is 0 Å². The van der Waals surface area contributed by atoms with E-state index in [0.717, 1.165) is 30.0 Å². The molecule has 0 radical (unpaired) electrons. The van der Waals surface area contributed by atoms with E-state index in [1.807, 2.05) is 31.2 Å². The minimum Gasteiger partial charge on any atom is -0.455 e. The molecule has 3 heterocycles. The third-order valence-electron chi connectivity index (χ3n) is 5.33. The second-order valence-corrected chi connectivity index (χ2v) is 9.54. The van der Waals surface area contributed by atoms with Crippen molar-refractivity contribution in [2.75, 3.05) is 18.8 Å². The summed E-state index contributed by atoms with van der Waals surface area (Å²) in [6, 6.07) is 9.55. The number of aryl methyl sites for hydroxylation is 1. The van der Waals surface area contributed by atoms with Gasteiger partial charge in [-0.2, -0.15) is 0 Å². The first-order valence-corrected chi connectivity index (χ1v) is 10.5. The Kier molecular flexibility index (Phi) is 4.46. The monoisotopic (exact) mass is 373 g/mol. The first-order valence-electron chi connectivity index (χ1n) is 8.79. The zero-order valence-corrected chi connectivity index (χ0v) is 15.5. The number of nitrogens with two attached hydrogens (primary N) is 1. The Labute approximate surface area is 153 Å². The number of pyridine rings is 1. The number of fused-ring (bicyclic) bond motifs is 1. The zero-order valence-electron chi connectivity index (χ0n) is 14.7. The lowest BCUT2D eigenvalue weighted by molar-refractivity contribution is 0.308. The molecule has 2 aliphatic heterocycles. The van der Waals surface area contributed by atoms with Gasteiger partial charge >= 0.3 is 0 Å². The summed E-state index contributed by atoms with van der Waals surface area (Å²) in [4.78, 5) is 6.25. The topological polar surface area (TPSA) is 85.5 Å². The number of nitrogens with zero attached hydrogens (tertiary/aromatic N) is 2. The Hall–Kier alpha value is -1.96. The molecule has 0 spiro atoms. The minimum atomic E-state index is -3.04. The maximum absolute atomic E-state index is 12.2. The molecule has 0 amide bonds. The molecule has 1 aromatic carbocycles. The molecule has 4 rings (SSSR count). The van der Waals surface area contributed by atoms with Crippen LogP contribution in [-0.4, -0.2) is 48.4 Å². The largest absolute Gasteiger partial charge is 0.455 e. The third-order valence-corrected chi connectivity index (χ3v) is 7.60. The van der Waals surface area contributed by atoms with Crippen molar-refractivity contribution in [3.8, 4) is 11.5 Å². The van der Waals surface area contributed by atoms with Gasteiger partial charge in [0.05, 0.1) is 17.2 Å². The molecular weight excluding hydrogens is 350 g/mol. The van der Waals surface area contributed by atoms with Crippen LogP contribution in [0.2, 0.25) is 0 Å². The van der Waals surface area contributed by atoms with Gasteiger partial charge in [0.1, 0.15) is 11.5 Å². The van der Waals surface area contributed by atoms with Crippen LogP contribution in [0.25, 0.3) is 0 Å². The maximum atomic E-state index is 12.2. The van der Waals surface area contributed by atoms with Crippen LogP contribution in [0.15, 0.2) is 42.7 Å². The molecule has 0 saturated carbocycles. The number of likely N-dealkylation sites (tertiary alicyclic amines) is 1. The molecule has 3 atom stereocenters. The summed E-state index contributed by atoms with van der Waals surface area (Å²) in [7, 11) is -3.04. The van der Waals surface area contributed by atoms with Crippen LogP contribution >= 0.6 is 0 Å². The number of ether oxygens (including phenoxy) is 1. The molecule has 2 aromatic rings. The van der Waals surface area contributed by atoms with Crippen LogP contribution in [-0.2, 0) is 16.4 Å². The maximum Gasteiger partial charge on any atom is 0.156 e. The van der Waals surface area contributed by atoms with E-state index in [2.05, 4.69) is 16.0 Å². The van der Waals surface area contributed by atoms with Crippen LogP contribution < -0.4 is 10.5 Å². The van der Waals surface area contributed by atoms with E-state index in [4.69, 9.17) is 10.5 Å². The molecule has 0 unspecified atom stereocenters. The van der Waals surface area contributed by atoms with Gasteiger partial charge in [-0.05, 0) is 36.2 Å². The summed E-state index contributed by atoms with van der Waals surface area (Å²) in [5.41, 5.74) is 8.22. The standard InChI is InChI=1S/C19H23N3O3S/c1-13-7-14(4-5-18(13)25-15-3-2-6-21-8-15)9-22-10-16-17(20)12-26(23,24)19(16)11-22/h2-8,16-17,19H,9-12,20H2,1H3/t16-,17+,19-/m1/s1. The average Bonchev–Trinajstić information content (AvgIpc) is 3.11. The zero-order chi connectivity index (χ0) is 18.3. The molecule has 2 N–H and O–H groups in total. The van der Waals surface area contributed by atoms with Crippen molar-refractivity contribution in [2.24, 2.45) is 11.7 Å². The fourth-order valence-electron chi connectivity index (χ4n) is 4.03. The predicted molar refractivity (Wildman–Crippen MR) is 99.8 cm³/mol.